The van der Waals surface area contributed by atoms with Gasteiger partial charge in [-0.1, -0.05) is 55.5 Å². The zero-order valence-electron chi connectivity index (χ0n) is 20.0. The highest BCUT2D eigenvalue weighted by molar-refractivity contribution is 5.92. The number of aliphatic hydroxyl groups excluding tert-OH is 1. The molecule has 2 atom stereocenters. The van der Waals surface area contributed by atoms with Gasteiger partial charge in [-0.05, 0) is 29.3 Å². The molecule has 0 bridgehead atoms. The Hall–Kier alpha value is -4.59. The Morgan fingerprint density at radius 1 is 1.11 bits per heavy atom. The SMILES string of the molecule is COC1=C(O)C=CC(c2cc(-c3ccc4cn(Cc5ccccc5)nc4c3)c3c(N)ncnn23)C1C. The van der Waals surface area contributed by atoms with Crippen LogP contribution in [0, 0.1) is 5.92 Å². The Labute approximate surface area is 208 Å². The third kappa shape index (κ3) is 3.58. The van der Waals surface area contributed by atoms with E-state index in [0.29, 0.717) is 18.1 Å². The van der Waals surface area contributed by atoms with Gasteiger partial charge < -0.3 is 15.6 Å². The lowest BCUT2D eigenvalue weighted by molar-refractivity contribution is 0.208. The fourth-order valence-electron chi connectivity index (χ4n) is 5.12. The van der Waals surface area contributed by atoms with Crippen LogP contribution in [0.1, 0.15) is 24.1 Å². The molecular weight excluding hydrogens is 452 g/mol. The smallest absolute Gasteiger partial charge is 0.153 e. The maximum atomic E-state index is 10.2. The molecule has 0 saturated carbocycles. The molecule has 2 aromatic carbocycles. The van der Waals surface area contributed by atoms with E-state index in [2.05, 4.69) is 52.7 Å². The molecule has 3 heterocycles. The van der Waals surface area contributed by atoms with Crippen molar-refractivity contribution in [3.63, 3.8) is 0 Å². The first-order chi connectivity index (χ1) is 17.5. The summed E-state index contributed by atoms with van der Waals surface area (Å²) in [5.41, 5.74) is 12.1. The van der Waals surface area contributed by atoms with Crippen LogP contribution >= 0.6 is 0 Å². The Kier molecular flexibility index (Phi) is 5.21. The number of allylic oxidation sites excluding steroid dienone is 3. The number of ether oxygens (including phenoxy) is 1. The summed E-state index contributed by atoms with van der Waals surface area (Å²) in [6, 6.07) is 18.6. The minimum Gasteiger partial charge on any atom is -0.504 e. The van der Waals surface area contributed by atoms with Gasteiger partial charge in [0.2, 0.25) is 0 Å². The van der Waals surface area contributed by atoms with Gasteiger partial charge >= 0.3 is 0 Å². The largest absolute Gasteiger partial charge is 0.504 e. The summed E-state index contributed by atoms with van der Waals surface area (Å²) in [5.74, 6) is 0.941. The van der Waals surface area contributed by atoms with Crippen LogP contribution in [-0.2, 0) is 11.3 Å². The summed E-state index contributed by atoms with van der Waals surface area (Å²) in [6.07, 6.45) is 7.18. The number of nitrogen functional groups attached to an aromatic ring is 1. The molecule has 6 rings (SSSR count). The standard InChI is InChI=1S/C28H26N6O2/c1-17-21(10-11-25(35)27(17)36-2)24-13-22(26-28(29)30-16-31-34(24)26)19-8-9-20-15-33(32-23(20)12-19)14-18-6-4-3-5-7-18/h3-13,15-17,21,35H,14H2,1-2H3,(H2,29,30,31). The molecular formula is C28H26N6O2. The van der Waals surface area contributed by atoms with Crippen molar-refractivity contribution in [2.75, 3.05) is 12.8 Å². The van der Waals surface area contributed by atoms with E-state index < -0.39 is 0 Å². The molecule has 3 aromatic heterocycles. The van der Waals surface area contributed by atoms with E-state index in [4.69, 9.17) is 15.6 Å². The van der Waals surface area contributed by atoms with E-state index in [1.807, 2.05) is 40.4 Å². The Morgan fingerprint density at radius 3 is 2.75 bits per heavy atom. The van der Waals surface area contributed by atoms with Crippen LogP contribution in [0.5, 0.6) is 0 Å². The molecule has 8 heteroatoms. The highest BCUT2D eigenvalue weighted by Gasteiger charge is 2.31. The van der Waals surface area contributed by atoms with Gasteiger partial charge in [0, 0.05) is 29.0 Å². The van der Waals surface area contributed by atoms with E-state index in [1.165, 1.54) is 11.9 Å². The first-order valence-electron chi connectivity index (χ1n) is 11.8. The first-order valence-corrected chi connectivity index (χ1v) is 11.8. The lowest BCUT2D eigenvalue weighted by Gasteiger charge is -2.26. The number of hydrogen-bond donors (Lipinski definition) is 2. The van der Waals surface area contributed by atoms with Gasteiger partial charge in [0.1, 0.15) is 17.6 Å². The van der Waals surface area contributed by atoms with Gasteiger partial charge in [0.25, 0.3) is 0 Å². The Balaban J connectivity index is 1.44. The fraction of sp³-hybridized carbons (Fsp3) is 0.179. The normalized spacial score (nSPS) is 17.8. The second-order valence-corrected chi connectivity index (χ2v) is 9.10. The minimum atomic E-state index is -0.0849. The monoisotopic (exact) mass is 478 g/mol. The van der Waals surface area contributed by atoms with Gasteiger partial charge in [0.15, 0.2) is 11.6 Å². The number of fused-ring (bicyclic) bond motifs is 2. The number of nitrogens with two attached hydrogens (primary N) is 1. The first kappa shape index (κ1) is 21.9. The van der Waals surface area contributed by atoms with Crippen molar-refractivity contribution in [3.8, 4) is 11.1 Å². The quantitative estimate of drug-likeness (QED) is 0.365. The fourth-order valence-corrected chi connectivity index (χ4v) is 5.12. The Morgan fingerprint density at radius 2 is 1.94 bits per heavy atom. The van der Waals surface area contributed by atoms with E-state index in [9.17, 15) is 5.11 Å². The van der Waals surface area contributed by atoms with Crippen molar-refractivity contribution < 1.29 is 9.84 Å². The molecule has 8 nitrogen and oxygen atoms in total. The summed E-state index contributed by atoms with van der Waals surface area (Å²) in [7, 11) is 1.58. The molecule has 1 aliphatic rings. The maximum Gasteiger partial charge on any atom is 0.153 e. The summed E-state index contributed by atoms with van der Waals surface area (Å²) >= 11 is 0. The lowest BCUT2D eigenvalue weighted by Crippen LogP contribution is -2.18. The number of benzene rings is 2. The topological polar surface area (TPSA) is 103 Å². The van der Waals surface area contributed by atoms with Crippen molar-refractivity contribution in [3.05, 3.63) is 102 Å². The van der Waals surface area contributed by atoms with Crippen LogP contribution in [0.15, 0.2) is 90.8 Å². The van der Waals surface area contributed by atoms with Crippen LogP contribution in [0.2, 0.25) is 0 Å². The van der Waals surface area contributed by atoms with Crippen LogP contribution in [0.25, 0.3) is 27.5 Å². The van der Waals surface area contributed by atoms with Crippen molar-refractivity contribution in [1.82, 2.24) is 24.4 Å². The third-order valence-electron chi connectivity index (χ3n) is 6.89. The third-order valence-corrected chi connectivity index (χ3v) is 6.89. The zero-order chi connectivity index (χ0) is 24.8. The molecule has 0 radical (unpaired) electrons. The molecule has 1 aliphatic carbocycles. The van der Waals surface area contributed by atoms with Gasteiger partial charge in [-0.15, -0.1) is 0 Å². The zero-order valence-corrected chi connectivity index (χ0v) is 20.0. The molecule has 0 amide bonds. The van der Waals surface area contributed by atoms with Crippen LogP contribution in [0.3, 0.4) is 0 Å². The van der Waals surface area contributed by atoms with Crippen molar-refractivity contribution in [1.29, 1.82) is 0 Å². The van der Waals surface area contributed by atoms with E-state index in [-0.39, 0.29) is 17.6 Å². The molecule has 0 spiro atoms. The number of aliphatic hydroxyl groups is 1. The van der Waals surface area contributed by atoms with Gasteiger partial charge in [-0.2, -0.15) is 10.2 Å². The molecule has 0 aliphatic heterocycles. The number of rotatable bonds is 5. The van der Waals surface area contributed by atoms with Crippen LogP contribution in [-0.4, -0.2) is 36.6 Å². The summed E-state index contributed by atoms with van der Waals surface area (Å²) in [6.45, 7) is 2.73. The van der Waals surface area contributed by atoms with Crippen molar-refractivity contribution in [2.45, 2.75) is 19.4 Å². The number of anilines is 1. The maximum absolute atomic E-state index is 10.2. The van der Waals surface area contributed by atoms with Crippen molar-refractivity contribution >= 4 is 22.2 Å². The second-order valence-electron chi connectivity index (χ2n) is 9.10. The Bertz CT molecular complexity index is 1650. The van der Waals surface area contributed by atoms with Crippen molar-refractivity contribution in [2.24, 2.45) is 5.92 Å². The van der Waals surface area contributed by atoms with Crippen LogP contribution in [0.4, 0.5) is 5.82 Å². The number of methoxy groups -OCH3 is 1. The van der Waals surface area contributed by atoms with Gasteiger partial charge in [-0.3, -0.25) is 4.68 Å². The average molecular weight is 479 g/mol. The molecule has 0 saturated heterocycles. The van der Waals surface area contributed by atoms with Crippen LogP contribution < -0.4 is 5.73 Å². The van der Waals surface area contributed by atoms with E-state index in [0.717, 1.165) is 33.2 Å². The molecule has 3 N–H and O–H groups in total. The lowest BCUT2D eigenvalue weighted by atomic mass is 9.85. The highest BCUT2D eigenvalue weighted by atomic mass is 16.5. The summed E-state index contributed by atoms with van der Waals surface area (Å²) < 4.78 is 9.30. The summed E-state index contributed by atoms with van der Waals surface area (Å²) in [4.78, 5) is 4.26. The number of aromatic nitrogens is 5. The predicted octanol–water partition coefficient (Wildman–Crippen LogP) is 5.08. The molecule has 180 valence electrons. The summed E-state index contributed by atoms with van der Waals surface area (Å²) in [5, 5.41) is 20.7. The molecule has 5 aromatic rings. The van der Waals surface area contributed by atoms with Gasteiger partial charge in [-0.25, -0.2) is 9.50 Å². The second kappa shape index (κ2) is 8.57. The highest BCUT2D eigenvalue weighted by Crippen LogP contribution is 2.41. The van der Waals surface area contributed by atoms with Gasteiger partial charge in [0.05, 0.1) is 24.9 Å². The number of hydrogen-bond acceptors (Lipinski definition) is 6. The molecule has 36 heavy (non-hydrogen) atoms. The minimum absolute atomic E-state index is 0.0692. The number of nitrogens with zero attached hydrogens (tertiary/aromatic N) is 5. The average Bonchev–Trinajstić information content (AvgIpc) is 3.46. The molecule has 2 unspecified atom stereocenters. The molecule has 0 fully saturated rings. The predicted molar refractivity (Wildman–Crippen MR) is 139 cm³/mol. The van der Waals surface area contributed by atoms with E-state index >= 15 is 0 Å². The van der Waals surface area contributed by atoms with E-state index in [1.54, 1.807) is 13.2 Å².